The van der Waals surface area contributed by atoms with Crippen LogP contribution in [0.15, 0.2) is 48.5 Å². The van der Waals surface area contributed by atoms with Crippen molar-refractivity contribution in [1.82, 2.24) is 4.90 Å². The maximum atomic E-state index is 5.27. The number of hydrogen-bond donors (Lipinski definition) is 0. The van der Waals surface area contributed by atoms with Crippen LogP contribution in [-0.4, -0.2) is 25.1 Å². The molecule has 1 heterocycles. The lowest BCUT2D eigenvalue weighted by Crippen LogP contribution is -2.35. The molecule has 20 heavy (non-hydrogen) atoms. The van der Waals surface area contributed by atoms with Crippen LogP contribution in [-0.2, 0) is 6.42 Å². The zero-order valence-electron chi connectivity index (χ0n) is 12.2. The second-order valence-electron chi connectivity index (χ2n) is 5.25. The highest BCUT2D eigenvalue weighted by Crippen LogP contribution is 2.35. The topological polar surface area (TPSA) is 12.5 Å². The van der Waals surface area contributed by atoms with Crippen molar-refractivity contribution in [2.75, 3.05) is 20.2 Å². The summed E-state index contributed by atoms with van der Waals surface area (Å²) in [5.41, 5.74) is 4.28. The molecule has 0 amide bonds. The highest BCUT2D eigenvalue weighted by atomic mass is 16.5. The van der Waals surface area contributed by atoms with Crippen LogP contribution in [0.5, 0.6) is 5.75 Å². The molecule has 1 atom stereocenters. The summed E-state index contributed by atoms with van der Waals surface area (Å²) < 4.78 is 5.27. The van der Waals surface area contributed by atoms with E-state index in [4.69, 9.17) is 4.74 Å². The van der Waals surface area contributed by atoms with Gasteiger partial charge in [0.15, 0.2) is 0 Å². The Balaban J connectivity index is 2.03. The van der Waals surface area contributed by atoms with Gasteiger partial charge >= 0.3 is 0 Å². The number of fused-ring (bicyclic) bond motifs is 1. The number of hydrogen-bond acceptors (Lipinski definition) is 2. The number of methoxy groups -OCH3 is 1. The van der Waals surface area contributed by atoms with Crippen molar-refractivity contribution in [2.24, 2.45) is 0 Å². The van der Waals surface area contributed by atoms with Crippen molar-refractivity contribution >= 4 is 0 Å². The number of benzene rings is 2. The maximum absolute atomic E-state index is 5.27. The fraction of sp³-hybridized carbons (Fsp3) is 0.333. The Morgan fingerprint density at radius 3 is 2.55 bits per heavy atom. The van der Waals surface area contributed by atoms with Gasteiger partial charge in [0.05, 0.1) is 13.2 Å². The molecule has 0 aromatic heterocycles. The molecule has 0 spiro atoms. The van der Waals surface area contributed by atoms with E-state index in [0.29, 0.717) is 6.04 Å². The van der Waals surface area contributed by atoms with Gasteiger partial charge in [-0.2, -0.15) is 0 Å². The van der Waals surface area contributed by atoms with Gasteiger partial charge in [0.25, 0.3) is 0 Å². The Kier molecular flexibility index (Phi) is 3.75. The van der Waals surface area contributed by atoms with Gasteiger partial charge in [-0.3, -0.25) is 4.90 Å². The van der Waals surface area contributed by atoms with E-state index in [2.05, 4.69) is 60.4 Å². The van der Waals surface area contributed by atoms with Crippen LogP contribution in [0.2, 0.25) is 0 Å². The standard InChI is InChI=1S/C18H21NO/c1-3-19-13-12-14-6-4-5-7-17(14)18(19)15-8-10-16(20-2)11-9-15/h4-11,18H,3,12-13H2,1-2H3. The van der Waals surface area contributed by atoms with E-state index >= 15 is 0 Å². The first-order valence-electron chi connectivity index (χ1n) is 7.29. The normalized spacial score (nSPS) is 18.6. The average molecular weight is 267 g/mol. The third-order valence-electron chi connectivity index (χ3n) is 4.22. The fourth-order valence-electron chi connectivity index (χ4n) is 3.14. The molecule has 0 fully saturated rings. The van der Waals surface area contributed by atoms with Crippen molar-refractivity contribution in [3.8, 4) is 5.75 Å². The van der Waals surface area contributed by atoms with Crippen molar-refractivity contribution in [1.29, 1.82) is 0 Å². The molecule has 2 aromatic carbocycles. The smallest absolute Gasteiger partial charge is 0.118 e. The van der Waals surface area contributed by atoms with Crippen LogP contribution < -0.4 is 4.74 Å². The molecule has 0 radical (unpaired) electrons. The van der Waals surface area contributed by atoms with Gasteiger partial charge in [-0.05, 0) is 41.8 Å². The van der Waals surface area contributed by atoms with Crippen LogP contribution in [0.25, 0.3) is 0 Å². The second-order valence-corrected chi connectivity index (χ2v) is 5.25. The molecular formula is C18H21NO. The predicted molar refractivity (Wildman–Crippen MR) is 82.2 cm³/mol. The van der Waals surface area contributed by atoms with E-state index in [1.54, 1.807) is 7.11 Å². The predicted octanol–water partition coefficient (Wildman–Crippen LogP) is 3.66. The Hall–Kier alpha value is -1.80. The summed E-state index contributed by atoms with van der Waals surface area (Å²) in [7, 11) is 1.71. The van der Waals surface area contributed by atoms with Crippen molar-refractivity contribution in [3.05, 3.63) is 65.2 Å². The van der Waals surface area contributed by atoms with Gasteiger partial charge < -0.3 is 4.74 Å². The average Bonchev–Trinajstić information content (AvgIpc) is 2.54. The fourth-order valence-corrected chi connectivity index (χ4v) is 3.14. The molecule has 2 aromatic rings. The molecule has 0 saturated heterocycles. The van der Waals surface area contributed by atoms with Crippen LogP contribution in [0.4, 0.5) is 0 Å². The van der Waals surface area contributed by atoms with E-state index in [1.165, 1.54) is 16.7 Å². The molecule has 1 aliphatic rings. The van der Waals surface area contributed by atoms with Crippen LogP contribution in [0.1, 0.15) is 29.7 Å². The van der Waals surface area contributed by atoms with Gasteiger partial charge in [-0.1, -0.05) is 43.3 Å². The van der Waals surface area contributed by atoms with Crippen molar-refractivity contribution in [2.45, 2.75) is 19.4 Å². The molecule has 1 unspecified atom stereocenters. The molecule has 0 aliphatic carbocycles. The minimum Gasteiger partial charge on any atom is -0.497 e. The molecule has 1 aliphatic heterocycles. The lowest BCUT2D eigenvalue weighted by molar-refractivity contribution is 0.225. The minimum absolute atomic E-state index is 0.371. The largest absolute Gasteiger partial charge is 0.497 e. The third-order valence-corrected chi connectivity index (χ3v) is 4.22. The van der Waals surface area contributed by atoms with Gasteiger partial charge in [-0.25, -0.2) is 0 Å². The minimum atomic E-state index is 0.371. The first-order valence-corrected chi connectivity index (χ1v) is 7.29. The van der Waals surface area contributed by atoms with Crippen LogP contribution >= 0.6 is 0 Å². The molecule has 2 heteroatoms. The maximum Gasteiger partial charge on any atom is 0.118 e. The van der Waals surface area contributed by atoms with Gasteiger partial charge in [0, 0.05) is 6.54 Å². The highest BCUT2D eigenvalue weighted by Gasteiger charge is 2.27. The zero-order valence-corrected chi connectivity index (χ0v) is 12.2. The summed E-state index contributed by atoms with van der Waals surface area (Å²) in [6, 6.07) is 17.7. The lowest BCUT2D eigenvalue weighted by Gasteiger charge is -2.37. The lowest BCUT2D eigenvalue weighted by atomic mass is 9.88. The monoisotopic (exact) mass is 267 g/mol. The Labute approximate surface area is 121 Å². The molecule has 0 bridgehead atoms. The Morgan fingerprint density at radius 1 is 1.10 bits per heavy atom. The molecule has 104 valence electrons. The zero-order chi connectivity index (χ0) is 13.9. The van der Waals surface area contributed by atoms with Gasteiger partial charge in [0.2, 0.25) is 0 Å². The summed E-state index contributed by atoms with van der Waals surface area (Å²) in [6.45, 7) is 4.44. The number of likely N-dealkylation sites (N-methyl/N-ethyl adjacent to an activating group) is 1. The number of ether oxygens (including phenoxy) is 1. The number of nitrogens with zero attached hydrogens (tertiary/aromatic N) is 1. The third kappa shape index (κ3) is 2.32. The molecule has 3 rings (SSSR count). The number of rotatable bonds is 3. The van der Waals surface area contributed by atoms with Crippen molar-refractivity contribution < 1.29 is 4.74 Å². The second kappa shape index (κ2) is 5.68. The van der Waals surface area contributed by atoms with E-state index in [0.717, 1.165) is 25.3 Å². The summed E-state index contributed by atoms with van der Waals surface area (Å²) in [5.74, 6) is 0.917. The molecule has 0 saturated carbocycles. The van der Waals surface area contributed by atoms with E-state index < -0.39 is 0 Å². The van der Waals surface area contributed by atoms with Crippen molar-refractivity contribution in [3.63, 3.8) is 0 Å². The summed E-state index contributed by atoms with van der Waals surface area (Å²) in [4.78, 5) is 2.55. The Morgan fingerprint density at radius 2 is 1.85 bits per heavy atom. The first-order chi connectivity index (χ1) is 9.83. The molecular weight excluding hydrogens is 246 g/mol. The molecule has 2 nitrogen and oxygen atoms in total. The first kappa shape index (κ1) is 13.2. The Bertz CT molecular complexity index is 576. The summed E-state index contributed by atoms with van der Waals surface area (Å²) in [6.07, 6.45) is 1.15. The summed E-state index contributed by atoms with van der Waals surface area (Å²) in [5, 5.41) is 0. The van der Waals surface area contributed by atoms with Gasteiger partial charge in [0.1, 0.15) is 5.75 Å². The van der Waals surface area contributed by atoms with Crippen LogP contribution in [0.3, 0.4) is 0 Å². The highest BCUT2D eigenvalue weighted by molar-refractivity contribution is 5.41. The van der Waals surface area contributed by atoms with Crippen LogP contribution in [0, 0.1) is 0 Å². The van der Waals surface area contributed by atoms with E-state index in [9.17, 15) is 0 Å². The summed E-state index contributed by atoms with van der Waals surface area (Å²) >= 11 is 0. The SMILES string of the molecule is CCN1CCc2ccccc2C1c1ccc(OC)cc1. The molecule has 0 N–H and O–H groups in total. The van der Waals surface area contributed by atoms with Gasteiger partial charge in [-0.15, -0.1) is 0 Å². The van der Waals surface area contributed by atoms with E-state index in [-0.39, 0.29) is 0 Å². The van der Waals surface area contributed by atoms with E-state index in [1.807, 2.05) is 0 Å². The quantitative estimate of drug-likeness (QED) is 0.841.